The summed E-state index contributed by atoms with van der Waals surface area (Å²) in [6.07, 6.45) is -1.42. The molecule has 1 aromatic carbocycles. The van der Waals surface area contributed by atoms with Crippen LogP contribution in [0.3, 0.4) is 0 Å². The predicted octanol–water partition coefficient (Wildman–Crippen LogP) is 4.58. The van der Waals surface area contributed by atoms with Crippen LogP contribution >= 0.6 is 0 Å². The van der Waals surface area contributed by atoms with E-state index in [1.54, 1.807) is 61.6 Å². The van der Waals surface area contributed by atoms with E-state index in [0.717, 1.165) is 5.56 Å². The molecule has 3 heterocycles. The molecular weight excluding hydrogens is 544 g/mol. The van der Waals surface area contributed by atoms with Gasteiger partial charge in [-0.05, 0) is 57.4 Å². The Balaban J connectivity index is 1.62. The summed E-state index contributed by atoms with van der Waals surface area (Å²) < 4.78 is 22.4. The number of pyridine rings is 1. The summed E-state index contributed by atoms with van der Waals surface area (Å²) in [4.78, 5) is 44.6. The van der Waals surface area contributed by atoms with Crippen molar-refractivity contribution in [1.82, 2.24) is 20.4 Å². The van der Waals surface area contributed by atoms with Crippen molar-refractivity contribution < 1.29 is 38.2 Å². The fourth-order valence-corrected chi connectivity index (χ4v) is 4.78. The second-order valence-corrected chi connectivity index (χ2v) is 12.4. The maximum Gasteiger partial charge on any atom is 0.408 e. The van der Waals surface area contributed by atoms with Gasteiger partial charge in [0.15, 0.2) is 5.75 Å². The van der Waals surface area contributed by atoms with Gasteiger partial charge >= 0.3 is 12.1 Å². The fraction of sp³-hybridized carbons (Fsp3) is 0.500. The lowest BCUT2D eigenvalue weighted by atomic mass is 9.85. The molecule has 1 fully saturated rings. The Bertz CT molecular complexity index is 1470. The zero-order valence-corrected chi connectivity index (χ0v) is 25.2. The van der Waals surface area contributed by atoms with E-state index < -0.39 is 47.2 Å². The van der Waals surface area contributed by atoms with Crippen molar-refractivity contribution in [3.8, 4) is 22.8 Å². The van der Waals surface area contributed by atoms with Crippen molar-refractivity contribution in [3.05, 3.63) is 36.0 Å². The molecule has 2 N–H and O–H groups in total. The number of methoxy groups -OCH3 is 1. The Hall–Kier alpha value is -4.35. The molecule has 3 unspecified atom stereocenters. The quantitative estimate of drug-likeness (QED) is 0.405. The van der Waals surface area contributed by atoms with Crippen molar-refractivity contribution in [1.29, 1.82) is 0 Å². The Kier molecular flexibility index (Phi) is 8.38. The van der Waals surface area contributed by atoms with E-state index in [9.17, 15) is 19.5 Å². The Morgan fingerprint density at radius 2 is 1.79 bits per heavy atom. The fourth-order valence-electron chi connectivity index (χ4n) is 4.78. The first kappa shape index (κ1) is 30.6. The van der Waals surface area contributed by atoms with Gasteiger partial charge in [-0.1, -0.05) is 25.9 Å². The summed E-state index contributed by atoms with van der Waals surface area (Å²) >= 11 is 0. The number of ether oxygens (including phenoxy) is 3. The number of carbonyl (C=O) groups excluding carboxylic acids is 2. The van der Waals surface area contributed by atoms with E-state index in [2.05, 4.69) is 10.5 Å². The molecule has 0 bridgehead atoms. The number of alkyl carbamates (subject to hydrolysis) is 1. The van der Waals surface area contributed by atoms with Crippen LogP contribution in [0.5, 0.6) is 11.5 Å². The number of amides is 2. The lowest BCUT2D eigenvalue weighted by molar-refractivity contribution is -0.150. The molecule has 42 heavy (non-hydrogen) atoms. The number of aryl methyl sites for hydroxylation is 1. The van der Waals surface area contributed by atoms with Crippen LogP contribution in [0.4, 0.5) is 4.79 Å². The number of nitrogens with one attached hydrogen (secondary N) is 1. The molecule has 12 heteroatoms. The number of likely N-dealkylation sites (tertiary alicyclic amines) is 1. The highest BCUT2D eigenvalue weighted by Crippen LogP contribution is 2.35. The number of carbonyl (C=O) groups is 3. The van der Waals surface area contributed by atoms with Gasteiger partial charge in [0, 0.05) is 18.1 Å². The molecule has 3 aromatic rings. The van der Waals surface area contributed by atoms with Crippen LogP contribution in [0, 0.1) is 12.3 Å². The second-order valence-electron chi connectivity index (χ2n) is 12.4. The second kappa shape index (κ2) is 11.5. The zero-order valence-electron chi connectivity index (χ0n) is 25.2. The third kappa shape index (κ3) is 6.75. The first-order valence-electron chi connectivity index (χ1n) is 13.7. The summed E-state index contributed by atoms with van der Waals surface area (Å²) in [5.74, 6) is -0.688. The molecule has 0 aliphatic carbocycles. The highest BCUT2D eigenvalue weighted by molar-refractivity contribution is 5.90. The Morgan fingerprint density at radius 1 is 1.12 bits per heavy atom. The first-order valence-corrected chi connectivity index (χ1v) is 13.7. The topological polar surface area (TPSA) is 153 Å². The number of carboxylic acid groups (broad SMARTS) is 1. The minimum atomic E-state index is -1.17. The third-order valence-electron chi connectivity index (χ3n) is 6.84. The van der Waals surface area contributed by atoms with Crippen molar-refractivity contribution in [2.45, 2.75) is 78.7 Å². The van der Waals surface area contributed by atoms with Gasteiger partial charge in [-0.3, -0.25) is 4.79 Å². The van der Waals surface area contributed by atoms with E-state index in [4.69, 9.17) is 23.7 Å². The maximum atomic E-state index is 13.8. The molecule has 3 atom stereocenters. The zero-order chi connectivity index (χ0) is 31.0. The molecule has 4 rings (SSSR count). The van der Waals surface area contributed by atoms with Crippen LogP contribution in [0.15, 0.2) is 34.9 Å². The summed E-state index contributed by atoms with van der Waals surface area (Å²) in [5, 5.41) is 16.7. The van der Waals surface area contributed by atoms with Gasteiger partial charge in [0.25, 0.3) is 0 Å². The smallest absolute Gasteiger partial charge is 0.408 e. The minimum absolute atomic E-state index is 0.0207. The maximum absolute atomic E-state index is 13.8. The lowest BCUT2D eigenvalue weighted by Gasteiger charge is -2.35. The molecule has 0 spiro atoms. The van der Waals surface area contributed by atoms with E-state index in [1.807, 2.05) is 24.3 Å². The highest BCUT2D eigenvalue weighted by Gasteiger charge is 2.46. The first-order chi connectivity index (χ1) is 19.6. The number of hydrogen-bond acceptors (Lipinski definition) is 9. The average Bonchev–Trinajstić information content (AvgIpc) is 3.49. The summed E-state index contributed by atoms with van der Waals surface area (Å²) in [5.41, 5.74) is 1.29. The standard InChI is InChI=1S/C30H38N4O8/c1-16-23-24(42-33-16)22(14-20(31-23)17-9-11-18(39-8)12-10-17)40-19-13-21(27(36)37)34(15-19)26(35)25(29(2,3)4)32-28(38)41-30(5,6)7/h9-12,14,19,21,25H,13,15H2,1-8H3,(H,32,38)(H,36,37). The van der Waals surface area contributed by atoms with Gasteiger partial charge in [-0.25, -0.2) is 14.6 Å². The van der Waals surface area contributed by atoms with E-state index in [-0.39, 0.29) is 13.0 Å². The van der Waals surface area contributed by atoms with Crippen molar-refractivity contribution in [2.75, 3.05) is 13.7 Å². The van der Waals surface area contributed by atoms with Crippen LogP contribution in [0.1, 0.15) is 53.7 Å². The minimum Gasteiger partial charge on any atom is -0.497 e. The SMILES string of the molecule is COc1ccc(-c2cc(OC3CC(C(=O)O)N(C(=O)C(NC(=O)OC(C)(C)C)C(C)(C)C)C3)c3onc(C)c3n2)cc1. The lowest BCUT2D eigenvalue weighted by Crippen LogP contribution is -2.57. The van der Waals surface area contributed by atoms with Crippen LogP contribution in [0.25, 0.3) is 22.4 Å². The molecule has 0 radical (unpaired) electrons. The van der Waals surface area contributed by atoms with Gasteiger partial charge in [0.2, 0.25) is 11.5 Å². The number of fused-ring (bicyclic) bond motifs is 1. The molecule has 226 valence electrons. The highest BCUT2D eigenvalue weighted by atomic mass is 16.6. The largest absolute Gasteiger partial charge is 0.497 e. The van der Waals surface area contributed by atoms with Crippen LogP contribution < -0.4 is 14.8 Å². The van der Waals surface area contributed by atoms with E-state index in [0.29, 0.717) is 34.0 Å². The van der Waals surface area contributed by atoms with Gasteiger partial charge in [0.05, 0.1) is 19.3 Å². The normalized spacial score (nSPS) is 18.0. The van der Waals surface area contributed by atoms with Gasteiger partial charge < -0.3 is 34.1 Å². The van der Waals surface area contributed by atoms with E-state index >= 15 is 0 Å². The number of nitrogens with zero attached hydrogens (tertiary/aromatic N) is 3. The van der Waals surface area contributed by atoms with E-state index in [1.165, 1.54) is 4.90 Å². The third-order valence-corrected chi connectivity index (χ3v) is 6.84. The summed E-state index contributed by atoms with van der Waals surface area (Å²) in [7, 11) is 1.59. The Labute approximate surface area is 244 Å². The number of rotatable bonds is 7. The van der Waals surface area contributed by atoms with Crippen molar-refractivity contribution >= 4 is 29.1 Å². The molecule has 12 nitrogen and oxygen atoms in total. The van der Waals surface area contributed by atoms with Crippen LogP contribution in [-0.4, -0.2) is 75.6 Å². The van der Waals surface area contributed by atoms with Crippen molar-refractivity contribution in [2.24, 2.45) is 5.41 Å². The molecular formula is C30H38N4O8. The monoisotopic (exact) mass is 582 g/mol. The number of aliphatic carboxylic acids is 1. The van der Waals surface area contributed by atoms with Crippen molar-refractivity contribution in [3.63, 3.8) is 0 Å². The average molecular weight is 583 g/mol. The Morgan fingerprint density at radius 3 is 2.36 bits per heavy atom. The number of benzene rings is 1. The number of carboxylic acids is 1. The van der Waals surface area contributed by atoms with Gasteiger partial charge in [0.1, 0.15) is 40.7 Å². The molecule has 0 saturated carbocycles. The molecule has 1 aliphatic heterocycles. The predicted molar refractivity (Wildman–Crippen MR) is 153 cm³/mol. The number of hydrogen-bond donors (Lipinski definition) is 2. The number of aromatic nitrogens is 2. The van der Waals surface area contributed by atoms with Gasteiger partial charge in [-0.15, -0.1) is 0 Å². The summed E-state index contributed by atoms with van der Waals surface area (Å²) in [6, 6.07) is 6.85. The van der Waals surface area contributed by atoms with Crippen LogP contribution in [0.2, 0.25) is 0 Å². The van der Waals surface area contributed by atoms with Gasteiger partial charge in [-0.2, -0.15) is 0 Å². The molecule has 2 aromatic heterocycles. The molecule has 2 amide bonds. The molecule has 1 aliphatic rings. The summed E-state index contributed by atoms with van der Waals surface area (Å²) in [6.45, 7) is 12.3. The van der Waals surface area contributed by atoms with Crippen LogP contribution in [-0.2, 0) is 14.3 Å². The molecule has 1 saturated heterocycles.